The molecule has 1 aromatic heterocycles. The lowest BCUT2D eigenvalue weighted by atomic mass is 10.0. The molecule has 8 heteroatoms. The number of halogens is 1. The van der Waals surface area contributed by atoms with E-state index in [-0.39, 0.29) is 0 Å². The first-order chi connectivity index (χ1) is 8.89. The maximum absolute atomic E-state index is 12.0. The van der Waals surface area contributed by atoms with E-state index in [9.17, 15) is 8.42 Å². The molecule has 1 atom stereocenters. The van der Waals surface area contributed by atoms with Gasteiger partial charge in [0.05, 0.1) is 11.9 Å². The fourth-order valence-electron chi connectivity index (χ4n) is 2.14. The summed E-state index contributed by atoms with van der Waals surface area (Å²) in [6.45, 7) is 1.13. The summed E-state index contributed by atoms with van der Waals surface area (Å²) >= 11 is 3.24. The molecule has 0 amide bonds. The molecule has 1 aliphatic heterocycles. The summed E-state index contributed by atoms with van der Waals surface area (Å²) in [6, 6.07) is 0. The molecule has 19 heavy (non-hydrogen) atoms. The van der Waals surface area contributed by atoms with Gasteiger partial charge in [-0.1, -0.05) is 0 Å². The summed E-state index contributed by atoms with van der Waals surface area (Å²) in [7, 11) is -0.169. The molecule has 1 aromatic rings. The SMILES string of the molecule is CN(C)S(=O)(=O)N1CCC(Cc2cnc(Br)cn2)C1. The van der Waals surface area contributed by atoms with Gasteiger partial charge in [-0.2, -0.15) is 17.0 Å². The second kappa shape index (κ2) is 5.82. The van der Waals surface area contributed by atoms with Crippen LogP contribution in [-0.4, -0.2) is 54.2 Å². The van der Waals surface area contributed by atoms with Crippen molar-refractivity contribution < 1.29 is 8.42 Å². The van der Waals surface area contributed by atoms with E-state index in [0.29, 0.717) is 23.6 Å². The third kappa shape index (κ3) is 3.50. The molecule has 1 aliphatic rings. The van der Waals surface area contributed by atoms with E-state index in [0.717, 1.165) is 18.5 Å². The van der Waals surface area contributed by atoms with E-state index in [4.69, 9.17) is 0 Å². The minimum absolute atomic E-state index is 0.310. The highest BCUT2D eigenvalue weighted by Gasteiger charge is 2.32. The summed E-state index contributed by atoms with van der Waals surface area (Å²) in [5, 5.41) is 0. The average Bonchev–Trinajstić information content (AvgIpc) is 2.81. The Morgan fingerprint density at radius 1 is 1.42 bits per heavy atom. The summed E-state index contributed by atoms with van der Waals surface area (Å²) in [5.41, 5.74) is 0.900. The third-order valence-electron chi connectivity index (χ3n) is 3.21. The topological polar surface area (TPSA) is 66.4 Å². The number of rotatable bonds is 4. The fraction of sp³-hybridized carbons (Fsp3) is 0.636. The highest BCUT2D eigenvalue weighted by atomic mass is 79.9. The minimum atomic E-state index is -3.29. The lowest BCUT2D eigenvalue weighted by Crippen LogP contribution is -2.38. The van der Waals surface area contributed by atoms with Gasteiger partial charge in [0.1, 0.15) is 4.60 Å². The molecule has 6 nitrogen and oxygen atoms in total. The van der Waals surface area contributed by atoms with Gasteiger partial charge in [0.2, 0.25) is 0 Å². The van der Waals surface area contributed by atoms with E-state index in [1.54, 1.807) is 26.5 Å². The zero-order valence-corrected chi connectivity index (χ0v) is 13.4. The highest BCUT2D eigenvalue weighted by molar-refractivity contribution is 9.10. The molecule has 0 saturated carbocycles. The molecule has 0 N–H and O–H groups in total. The first-order valence-electron chi connectivity index (χ1n) is 6.03. The van der Waals surface area contributed by atoms with Crippen molar-refractivity contribution in [2.45, 2.75) is 12.8 Å². The predicted molar refractivity (Wildman–Crippen MR) is 75.7 cm³/mol. The maximum atomic E-state index is 12.0. The molecule has 0 bridgehead atoms. The Labute approximate surface area is 122 Å². The van der Waals surface area contributed by atoms with E-state index >= 15 is 0 Å². The molecule has 0 radical (unpaired) electrons. The van der Waals surface area contributed by atoms with Crippen molar-refractivity contribution in [3.63, 3.8) is 0 Å². The quantitative estimate of drug-likeness (QED) is 0.811. The zero-order chi connectivity index (χ0) is 14.0. The van der Waals surface area contributed by atoms with Gasteiger partial charge in [0, 0.05) is 33.4 Å². The summed E-state index contributed by atoms with van der Waals surface area (Å²) in [5.74, 6) is 0.310. The van der Waals surface area contributed by atoms with Crippen LogP contribution in [0.3, 0.4) is 0 Å². The van der Waals surface area contributed by atoms with Crippen molar-refractivity contribution in [3.8, 4) is 0 Å². The monoisotopic (exact) mass is 348 g/mol. The van der Waals surface area contributed by atoms with Gasteiger partial charge in [-0.3, -0.25) is 4.98 Å². The van der Waals surface area contributed by atoms with Gasteiger partial charge < -0.3 is 0 Å². The molecule has 0 aromatic carbocycles. The summed E-state index contributed by atoms with van der Waals surface area (Å²) < 4.78 is 27.5. The van der Waals surface area contributed by atoms with E-state index in [1.165, 1.54) is 8.61 Å². The predicted octanol–water partition coefficient (Wildman–Crippen LogP) is 0.910. The van der Waals surface area contributed by atoms with Crippen molar-refractivity contribution in [1.29, 1.82) is 0 Å². The first kappa shape index (κ1) is 14.8. The fourth-order valence-corrected chi connectivity index (χ4v) is 3.55. The molecule has 1 saturated heterocycles. The molecule has 106 valence electrons. The molecule has 0 spiro atoms. The average molecular weight is 349 g/mol. The Bertz CT molecular complexity index is 532. The van der Waals surface area contributed by atoms with Gasteiger partial charge in [0.15, 0.2) is 0 Å². The van der Waals surface area contributed by atoms with Crippen LogP contribution >= 0.6 is 15.9 Å². The highest BCUT2D eigenvalue weighted by Crippen LogP contribution is 2.23. The Kier molecular flexibility index (Phi) is 4.54. The lowest BCUT2D eigenvalue weighted by Gasteiger charge is -2.20. The van der Waals surface area contributed by atoms with Crippen molar-refractivity contribution in [3.05, 3.63) is 22.7 Å². The third-order valence-corrected chi connectivity index (χ3v) is 5.52. The number of hydrogen-bond acceptors (Lipinski definition) is 4. The van der Waals surface area contributed by atoms with Crippen molar-refractivity contribution >= 4 is 26.1 Å². The van der Waals surface area contributed by atoms with E-state index in [2.05, 4.69) is 25.9 Å². The first-order valence-corrected chi connectivity index (χ1v) is 8.22. The Morgan fingerprint density at radius 2 is 2.16 bits per heavy atom. The normalized spacial score (nSPS) is 21.2. The van der Waals surface area contributed by atoms with E-state index in [1.807, 2.05) is 0 Å². The van der Waals surface area contributed by atoms with Crippen molar-refractivity contribution in [1.82, 2.24) is 18.6 Å². The second-order valence-corrected chi connectivity index (χ2v) is 7.79. The molecule has 2 heterocycles. The largest absolute Gasteiger partial charge is 0.281 e. The van der Waals surface area contributed by atoms with Crippen LogP contribution in [0.5, 0.6) is 0 Å². The number of aromatic nitrogens is 2. The Balaban J connectivity index is 1.98. The minimum Gasteiger partial charge on any atom is -0.257 e. The number of hydrogen-bond donors (Lipinski definition) is 0. The van der Waals surface area contributed by atoms with Crippen LogP contribution in [0.2, 0.25) is 0 Å². The molecular weight excluding hydrogens is 332 g/mol. The van der Waals surface area contributed by atoms with Gasteiger partial charge in [-0.25, -0.2) is 4.98 Å². The van der Waals surface area contributed by atoms with Crippen LogP contribution in [0.25, 0.3) is 0 Å². The van der Waals surface area contributed by atoms with Crippen LogP contribution in [0, 0.1) is 5.92 Å². The van der Waals surface area contributed by atoms with Crippen LogP contribution < -0.4 is 0 Å². The maximum Gasteiger partial charge on any atom is 0.281 e. The van der Waals surface area contributed by atoms with Gasteiger partial charge in [-0.15, -0.1) is 0 Å². The Hall–Kier alpha value is -0.570. The number of nitrogens with zero attached hydrogens (tertiary/aromatic N) is 4. The van der Waals surface area contributed by atoms with Crippen LogP contribution in [0.4, 0.5) is 0 Å². The van der Waals surface area contributed by atoms with Gasteiger partial charge in [0.25, 0.3) is 10.2 Å². The molecule has 0 aliphatic carbocycles. The van der Waals surface area contributed by atoms with Crippen molar-refractivity contribution in [2.75, 3.05) is 27.2 Å². The summed E-state index contributed by atoms with van der Waals surface area (Å²) in [4.78, 5) is 8.41. The molecular formula is C11H17BrN4O2S. The van der Waals surface area contributed by atoms with E-state index < -0.39 is 10.2 Å². The lowest BCUT2D eigenvalue weighted by molar-refractivity contribution is 0.409. The van der Waals surface area contributed by atoms with Crippen LogP contribution in [0.1, 0.15) is 12.1 Å². The standard InChI is InChI=1S/C11H17BrN4O2S/c1-15(2)19(17,18)16-4-3-9(8-16)5-10-6-14-11(12)7-13-10/h6-7,9H,3-5,8H2,1-2H3. The molecule has 2 rings (SSSR count). The van der Waals surface area contributed by atoms with Crippen LogP contribution in [0.15, 0.2) is 17.0 Å². The zero-order valence-electron chi connectivity index (χ0n) is 11.0. The Morgan fingerprint density at radius 3 is 2.74 bits per heavy atom. The van der Waals surface area contributed by atoms with Crippen LogP contribution in [-0.2, 0) is 16.6 Å². The second-order valence-electron chi connectivity index (χ2n) is 4.84. The van der Waals surface area contributed by atoms with Crippen molar-refractivity contribution in [2.24, 2.45) is 5.92 Å². The molecule has 1 unspecified atom stereocenters. The molecule has 1 fully saturated rings. The smallest absolute Gasteiger partial charge is 0.257 e. The van der Waals surface area contributed by atoms with Gasteiger partial charge >= 0.3 is 0 Å². The van der Waals surface area contributed by atoms with Gasteiger partial charge in [-0.05, 0) is 34.7 Å². The summed E-state index contributed by atoms with van der Waals surface area (Å²) in [6.07, 6.45) is 5.02.